The molecule has 1 aromatic carbocycles. The van der Waals surface area contributed by atoms with Crippen LogP contribution in [-0.2, 0) is 15.5 Å². The first-order chi connectivity index (χ1) is 12.9. The molecule has 5 nitrogen and oxygen atoms in total. The van der Waals surface area contributed by atoms with Crippen LogP contribution in [-0.4, -0.2) is 39.3 Å². The molecule has 0 aliphatic rings. The van der Waals surface area contributed by atoms with Gasteiger partial charge < -0.3 is 9.72 Å². The third kappa shape index (κ3) is 5.51. The summed E-state index contributed by atoms with van der Waals surface area (Å²) in [6, 6.07) is 5.96. The Bertz CT molecular complexity index is 867. The molecule has 0 saturated carbocycles. The molecule has 1 aromatic heterocycles. The number of hydrogen-bond acceptors (Lipinski definition) is 4. The number of aromatic nitrogens is 2. The van der Waals surface area contributed by atoms with Gasteiger partial charge >= 0.3 is 0 Å². The van der Waals surface area contributed by atoms with E-state index < -0.39 is 10.8 Å². The van der Waals surface area contributed by atoms with Crippen molar-refractivity contribution in [1.82, 2.24) is 9.97 Å². The summed E-state index contributed by atoms with van der Waals surface area (Å²) in [5.41, 5.74) is 4.66. The largest absolute Gasteiger partial charge is 0.497 e. The van der Waals surface area contributed by atoms with Crippen molar-refractivity contribution in [3.63, 3.8) is 0 Å². The number of fused-ring (bicyclic) bond motifs is 1. The molecule has 148 valence electrons. The molecule has 1 heterocycles. The zero-order chi connectivity index (χ0) is 20.0. The Hall–Kier alpha value is -1.95. The monoisotopic (exact) mass is 389 g/mol. The van der Waals surface area contributed by atoms with Crippen molar-refractivity contribution in [2.75, 3.05) is 19.4 Å². The molecule has 0 amide bonds. The SMILES string of the molecule is CC/C(OCC(C)CC)=C(/C)C(CS(=O)c1nc2ccc(C)cc2[nH]1)=NC. The molecule has 0 aliphatic heterocycles. The van der Waals surface area contributed by atoms with E-state index in [1.54, 1.807) is 7.05 Å². The number of H-pyrrole nitrogens is 1. The van der Waals surface area contributed by atoms with Gasteiger partial charge in [0, 0.05) is 19.0 Å². The van der Waals surface area contributed by atoms with Gasteiger partial charge in [-0.1, -0.05) is 33.3 Å². The van der Waals surface area contributed by atoms with Crippen LogP contribution in [0.5, 0.6) is 0 Å². The number of nitrogens with zero attached hydrogens (tertiary/aromatic N) is 2. The van der Waals surface area contributed by atoms with Crippen molar-refractivity contribution in [2.24, 2.45) is 10.9 Å². The molecular weight excluding hydrogens is 358 g/mol. The zero-order valence-electron chi connectivity index (χ0n) is 17.3. The van der Waals surface area contributed by atoms with Crippen molar-refractivity contribution < 1.29 is 8.95 Å². The van der Waals surface area contributed by atoms with Gasteiger partial charge in [-0.15, -0.1) is 0 Å². The average Bonchev–Trinajstić information content (AvgIpc) is 3.09. The first-order valence-electron chi connectivity index (χ1n) is 9.52. The summed E-state index contributed by atoms with van der Waals surface area (Å²) in [5.74, 6) is 1.75. The predicted molar refractivity (Wildman–Crippen MR) is 114 cm³/mol. The van der Waals surface area contributed by atoms with Gasteiger partial charge in [0.25, 0.3) is 0 Å². The van der Waals surface area contributed by atoms with Crippen LogP contribution in [0, 0.1) is 12.8 Å². The van der Waals surface area contributed by atoms with Crippen LogP contribution < -0.4 is 0 Å². The third-order valence-corrected chi connectivity index (χ3v) is 5.94. The minimum atomic E-state index is -1.29. The maximum atomic E-state index is 12.9. The van der Waals surface area contributed by atoms with Crippen molar-refractivity contribution in [3.8, 4) is 0 Å². The average molecular weight is 390 g/mol. The van der Waals surface area contributed by atoms with Crippen molar-refractivity contribution in [1.29, 1.82) is 0 Å². The fourth-order valence-corrected chi connectivity index (χ4v) is 3.89. The van der Waals surface area contributed by atoms with E-state index in [9.17, 15) is 4.21 Å². The van der Waals surface area contributed by atoms with Gasteiger partial charge in [0.15, 0.2) is 5.16 Å². The highest BCUT2D eigenvalue weighted by Gasteiger charge is 2.17. The van der Waals surface area contributed by atoms with Gasteiger partial charge in [-0.3, -0.25) is 9.20 Å². The second-order valence-corrected chi connectivity index (χ2v) is 8.32. The number of aromatic amines is 1. The molecule has 0 fully saturated rings. The van der Waals surface area contributed by atoms with E-state index in [0.717, 1.165) is 46.5 Å². The van der Waals surface area contributed by atoms with E-state index >= 15 is 0 Å². The van der Waals surface area contributed by atoms with Gasteiger partial charge in [-0.2, -0.15) is 0 Å². The summed E-state index contributed by atoms with van der Waals surface area (Å²) >= 11 is 0. The Morgan fingerprint density at radius 2 is 2.11 bits per heavy atom. The number of benzene rings is 1. The van der Waals surface area contributed by atoms with Crippen LogP contribution in [0.4, 0.5) is 0 Å². The van der Waals surface area contributed by atoms with Crippen molar-refractivity contribution in [2.45, 2.75) is 52.6 Å². The first-order valence-corrected chi connectivity index (χ1v) is 10.8. The fraction of sp³-hybridized carbons (Fsp3) is 0.524. The number of hydrogen-bond donors (Lipinski definition) is 1. The fourth-order valence-electron chi connectivity index (χ4n) is 2.74. The molecule has 0 aliphatic carbocycles. The van der Waals surface area contributed by atoms with E-state index in [-0.39, 0.29) is 0 Å². The van der Waals surface area contributed by atoms with Crippen molar-refractivity contribution in [3.05, 3.63) is 35.1 Å². The smallest absolute Gasteiger partial charge is 0.197 e. The van der Waals surface area contributed by atoms with Gasteiger partial charge in [0.1, 0.15) is 5.76 Å². The van der Waals surface area contributed by atoms with Crippen LogP contribution in [0.3, 0.4) is 0 Å². The summed E-state index contributed by atoms with van der Waals surface area (Å²) in [6.07, 6.45) is 1.87. The first kappa shape index (κ1) is 21.4. The molecule has 0 spiro atoms. The normalized spacial score (nSPS) is 15.6. The van der Waals surface area contributed by atoms with Gasteiger partial charge in [0.05, 0.1) is 39.9 Å². The van der Waals surface area contributed by atoms with Crippen LogP contribution in [0.15, 0.2) is 39.7 Å². The maximum Gasteiger partial charge on any atom is 0.197 e. The lowest BCUT2D eigenvalue weighted by atomic mass is 10.1. The highest BCUT2D eigenvalue weighted by atomic mass is 32.2. The summed E-state index contributed by atoms with van der Waals surface area (Å²) in [4.78, 5) is 12.0. The van der Waals surface area contributed by atoms with E-state index in [1.165, 1.54) is 0 Å². The summed E-state index contributed by atoms with van der Waals surface area (Å²) < 4.78 is 18.9. The molecule has 2 aromatic rings. The predicted octanol–water partition coefficient (Wildman–Crippen LogP) is 4.80. The van der Waals surface area contributed by atoms with Crippen LogP contribution in [0.25, 0.3) is 11.0 Å². The number of rotatable bonds is 9. The number of allylic oxidation sites excluding steroid dienone is 2. The topological polar surface area (TPSA) is 67.3 Å². The van der Waals surface area contributed by atoms with E-state index in [4.69, 9.17) is 4.74 Å². The molecule has 0 radical (unpaired) electrons. The summed E-state index contributed by atoms with van der Waals surface area (Å²) in [5, 5.41) is 0.489. The molecule has 2 rings (SSSR count). The molecule has 6 heteroatoms. The number of aliphatic imine (C=N–C) groups is 1. The van der Waals surface area contributed by atoms with E-state index in [0.29, 0.717) is 23.4 Å². The van der Waals surface area contributed by atoms with Gasteiger partial charge in [-0.25, -0.2) is 4.98 Å². The molecule has 0 bridgehead atoms. The Morgan fingerprint density at radius 3 is 2.74 bits per heavy atom. The van der Waals surface area contributed by atoms with Gasteiger partial charge in [-0.05, 0) is 37.5 Å². The Balaban J connectivity index is 2.18. The van der Waals surface area contributed by atoms with E-state index in [2.05, 4.69) is 35.7 Å². The minimum absolute atomic E-state index is 0.317. The molecule has 2 atom stereocenters. The Labute approximate surface area is 164 Å². The molecular formula is C21H31N3O2S. The lowest BCUT2D eigenvalue weighted by Crippen LogP contribution is -2.16. The van der Waals surface area contributed by atoms with Crippen LogP contribution >= 0.6 is 0 Å². The number of imidazole rings is 1. The quantitative estimate of drug-likeness (QED) is 0.495. The Morgan fingerprint density at radius 1 is 1.37 bits per heavy atom. The molecule has 1 N–H and O–H groups in total. The number of nitrogens with one attached hydrogen (secondary N) is 1. The van der Waals surface area contributed by atoms with E-state index in [1.807, 2.05) is 32.0 Å². The highest BCUT2D eigenvalue weighted by Crippen LogP contribution is 2.18. The van der Waals surface area contributed by atoms with Crippen LogP contribution in [0.1, 0.15) is 46.1 Å². The van der Waals surface area contributed by atoms with Gasteiger partial charge in [0.2, 0.25) is 0 Å². The minimum Gasteiger partial charge on any atom is -0.497 e. The molecule has 0 saturated heterocycles. The number of ether oxygens (including phenoxy) is 1. The lowest BCUT2D eigenvalue weighted by Gasteiger charge is -2.16. The zero-order valence-corrected chi connectivity index (χ0v) is 18.1. The second kappa shape index (κ2) is 9.83. The second-order valence-electron chi connectivity index (χ2n) is 6.95. The highest BCUT2D eigenvalue weighted by molar-refractivity contribution is 7.85. The van der Waals surface area contributed by atoms with Crippen molar-refractivity contribution >= 4 is 27.5 Å². The molecule has 2 unspecified atom stereocenters. The van der Waals surface area contributed by atoms with Crippen LogP contribution in [0.2, 0.25) is 0 Å². The standard InChI is InChI=1S/C21H31N3O2S/c1-7-14(3)12-26-20(8-2)16(5)19(22-6)13-27(25)21-23-17-10-9-15(4)11-18(17)24-21/h9-11,14H,7-8,12-13H2,1-6H3,(H,23,24)/b20-16+,22-19?. The summed E-state index contributed by atoms with van der Waals surface area (Å²) in [6.45, 7) is 11.1. The Kier molecular flexibility index (Phi) is 7.78. The number of aryl methyl sites for hydroxylation is 1. The lowest BCUT2D eigenvalue weighted by molar-refractivity contribution is 0.162. The maximum absolute atomic E-state index is 12.9. The molecule has 27 heavy (non-hydrogen) atoms. The summed E-state index contributed by atoms with van der Waals surface area (Å²) in [7, 11) is 0.443. The third-order valence-electron chi connectivity index (χ3n) is 4.78.